The summed E-state index contributed by atoms with van der Waals surface area (Å²) in [5, 5.41) is 0. The molecule has 0 aliphatic carbocycles. The van der Waals surface area contributed by atoms with Crippen LogP contribution < -0.4 is 0 Å². The summed E-state index contributed by atoms with van der Waals surface area (Å²) in [6.07, 6.45) is -4.40. The molecule has 0 heterocycles. The van der Waals surface area contributed by atoms with E-state index in [0.29, 0.717) is 0 Å². The van der Waals surface area contributed by atoms with Crippen molar-refractivity contribution in [1.82, 2.24) is 0 Å². The summed E-state index contributed by atoms with van der Waals surface area (Å²) in [5.74, 6) is 0. The van der Waals surface area contributed by atoms with Crippen LogP contribution in [0.25, 0.3) is 0 Å². The van der Waals surface area contributed by atoms with Crippen molar-refractivity contribution in [2.75, 3.05) is 13.7 Å². The fourth-order valence-electron chi connectivity index (χ4n) is 0.205. The standard InChI is InChI=1S/C3H6F3O2PS2/c1-7-9(10,11)8-2-3(4,5)6/h2H2,1H3,(H,10,11)/p-1. The van der Waals surface area contributed by atoms with E-state index < -0.39 is 18.5 Å². The predicted molar refractivity (Wildman–Crippen MR) is 40.7 cm³/mol. The third-order valence-corrected chi connectivity index (χ3v) is 3.03. The van der Waals surface area contributed by atoms with Gasteiger partial charge in [0.15, 0.2) is 0 Å². The van der Waals surface area contributed by atoms with Crippen LogP contribution in [0, 0.1) is 0 Å². The van der Waals surface area contributed by atoms with Crippen LogP contribution in [0.5, 0.6) is 0 Å². The number of hydrogen-bond acceptors (Lipinski definition) is 4. The first kappa shape index (κ1) is 11.7. The van der Waals surface area contributed by atoms with E-state index in [4.69, 9.17) is 0 Å². The Kier molecular flexibility index (Phi) is 4.36. The Hall–Kier alpha value is 0.710. The quantitative estimate of drug-likeness (QED) is 0.539. The largest absolute Gasteiger partial charge is 0.691 e. The fourth-order valence-corrected chi connectivity index (χ4v) is 0.931. The number of hydrogen-bond donors (Lipinski definition) is 0. The zero-order chi connectivity index (χ0) is 9.12. The highest BCUT2D eigenvalue weighted by Crippen LogP contribution is 2.45. The summed E-state index contributed by atoms with van der Waals surface area (Å²) in [6.45, 7) is -1.44. The average Bonchev–Trinajstić information content (AvgIpc) is 1.83. The van der Waals surface area contributed by atoms with E-state index >= 15 is 0 Å². The third-order valence-electron chi connectivity index (χ3n) is 0.610. The Balaban J connectivity index is 3.80. The smallest absolute Gasteiger partial charge is 0.412 e. The lowest BCUT2D eigenvalue weighted by molar-refractivity contribution is -0.153. The molecule has 0 spiro atoms. The molecule has 0 rings (SSSR count). The van der Waals surface area contributed by atoms with E-state index in [-0.39, 0.29) is 0 Å². The van der Waals surface area contributed by atoms with Gasteiger partial charge in [-0.3, -0.25) is 0 Å². The van der Waals surface area contributed by atoms with Gasteiger partial charge >= 0.3 is 6.18 Å². The van der Waals surface area contributed by atoms with Gasteiger partial charge < -0.3 is 21.3 Å². The molecule has 0 aromatic carbocycles. The molecule has 0 fully saturated rings. The molecule has 0 saturated carbocycles. The van der Waals surface area contributed by atoms with Crippen LogP contribution in [0.4, 0.5) is 13.2 Å². The number of halogens is 3. The molecule has 0 aromatic rings. The van der Waals surface area contributed by atoms with Gasteiger partial charge in [0.1, 0.15) is 6.61 Å². The van der Waals surface area contributed by atoms with Gasteiger partial charge in [0.25, 0.3) is 0 Å². The molecule has 0 radical (unpaired) electrons. The van der Waals surface area contributed by atoms with E-state index in [1.807, 2.05) is 0 Å². The lowest BCUT2D eigenvalue weighted by Crippen LogP contribution is -2.15. The lowest BCUT2D eigenvalue weighted by atomic mass is 10.7. The SMILES string of the molecule is COP(=S)([S-])OCC(F)(F)F. The van der Waals surface area contributed by atoms with Crippen molar-refractivity contribution in [3.8, 4) is 0 Å². The Bertz CT molecular complexity index is 170. The molecule has 1 atom stereocenters. The summed E-state index contributed by atoms with van der Waals surface area (Å²) < 4.78 is 42.9. The molecular formula is C3H5F3O2PS2-. The van der Waals surface area contributed by atoms with E-state index in [2.05, 4.69) is 33.1 Å². The van der Waals surface area contributed by atoms with Gasteiger partial charge in [-0.15, -0.1) is 0 Å². The van der Waals surface area contributed by atoms with Gasteiger partial charge in [-0.25, -0.2) is 0 Å². The first-order chi connectivity index (χ1) is 4.77. The minimum atomic E-state index is -4.40. The van der Waals surface area contributed by atoms with Crippen LogP contribution >= 0.6 is 5.69 Å². The zero-order valence-electron chi connectivity index (χ0n) is 5.42. The molecule has 1 unspecified atom stereocenters. The second kappa shape index (κ2) is 4.09. The molecule has 11 heavy (non-hydrogen) atoms. The lowest BCUT2D eigenvalue weighted by Gasteiger charge is -2.26. The minimum Gasteiger partial charge on any atom is -0.691 e. The second-order valence-electron chi connectivity index (χ2n) is 1.52. The molecule has 0 N–H and O–H groups in total. The molecule has 0 amide bonds. The Labute approximate surface area is 72.4 Å². The van der Waals surface area contributed by atoms with Crippen molar-refractivity contribution >= 4 is 29.7 Å². The van der Waals surface area contributed by atoms with Crippen molar-refractivity contribution in [2.24, 2.45) is 0 Å². The third kappa shape index (κ3) is 7.08. The molecule has 0 aliphatic heterocycles. The number of rotatable bonds is 3. The molecule has 8 heteroatoms. The van der Waals surface area contributed by atoms with E-state index in [1.54, 1.807) is 0 Å². The van der Waals surface area contributed by atoms with Gasteiger partial charge in [0, 0.05) is 7.11 Å². The monoisotopic (exact) mass is 225 g/mol. The molecule has 2 nitrogen and oxygen atoms in total. The van der Waals surface area contributed by atoms with Gasteiger partial charge in [-0.2, -0.15) is 13.2 Å². The van der Waals surface area contributed by atoms with Crippen molar-refractivity contribution in [1.29, 1.82) is 0 Å². The predicted octanol–water partition coefficient (Wildman–Crippen LogP) is 1.98. The first-order valence-corrected chi connectivity index (χ1v) is 6.00. The molecule has 0 saturated heterocycles. The Morgan fingerprint density at radius 3 is 2.27 bits per heavy atom. The van der Waals surface area contributed by atoms with Crippen LogP contribution in [0.1, 0.15) is 0 Å². The summed E-state index contributed by atoms with van der Waals surface area (Å²) in [4.78, 5) is 0. The highest BCUT2D eigenvalue weighted by molar-refractivity contribution is 8.51. The summed E-state index contributed by atoms with van der Waals surface area (Å²) in [6, 6.07) is 0. The number of alkyl halides is 3. The Morgan fingerprint density at radius 1 is 1.55 bits per heavy atom. The van der Waals surface area contributed by atoms with Gasteiger partial charge in [-0.05, 0) is 0 Å². The first-order valence-electron chi connectivity index (χ1n) is 2.35. The minimum absolute atomic E-state index is 1.13. The molecule has 0 bridgehead atoms. The van der Waals surface area contributed by atoms with Crippen molar-refractivity contribution < 1.29 is 22.2 Å². The maximum absolute atomic E-state index is 11.5. The Morgan fingerprint density at radius 2 is 2.00 bits per heavy atom. The normalized spacial score (nSPS) is 17.9. The topological polar surface area (TPSA) is 18.5 Å². The zero-order valence-corrected chi connectivity index (χ0v) is 7.95. The van der Waals surface area contributed by atoms with E-state index in [9.17, 15) is 13.2 Å². The molecule has 0 aromatic heterocycles. The van der Waals surface area contributed by atoms with E-state index in [0.717, 1.165) is 7.11 Å². The molecule has 68 valence electrons. The van der Waals surface area contributed by atoms with Crippen LogP contribution in [0.2, 0.25) is 0 Å². The van der Waals surface area contributed by atoms with Crippen molar-refractivity contribution in [3.05, 3.63) is 0 Å². The van der Waals surface area contributed by atoms with Gasteiger partial charge in [0.05, 0.1) is 5.69 Å². The van der Waals surface area contributed by atoms with Crippen molar-refractivity contribution in [3.63, 3.8) is 0 Å². The second-order valence-corrected chi connectivity index (χ2v) is 6.61. The van der Waals surface area contributed by atoms with Crippen LogP contribution in [-0.4, -0.2) is 19.9 Å². The van der Waals surface area contributed by atoms with Crippen LogP contribution in [0.15, 0.2) is 0 Å². The fraction of sp³-hybridized carbons (Fsp3) is 1.00. The highest BCUT2D eigenvalue weighted by Gasteiger charge is 2.28. The van der Waals surface area contributed by atoms with Crippen LogP contribution in [0.3, 0.4) is 0 Å². The molecular weight excluding hydrogens is 220 g/mol. The van der Waals surface area contributed by atoms with Crippen molar-refractivity contribution in [2.45, 2.75) is 6.18 Å². The highest BCUT2D eigenvalue weighted by atomic mass is 32.9. The summed E-state index contributed by atoms with van der Waals surface area (Å²) in [5.41, 5.74) is -3.07. The summed E-state index contributed by atoms with van der Waals surface area (Å²) >= 11 is 8.79. The van der Waals surface area contributed by atoms with Crippen LogP contribution in [-0.2, 0) is 33.1 Å². The average molecular weight is 225 g/mol. The van der Waals surface area contributed by atoms with Gasteiger partial charge in [0.2, 0.25) is 0 Å². The molecule has 0 aliphatic rings. The maximum Gasteiger partial charge on any atom is 0.412 e. The van der Waals surface area contributed by atoms with Gasteiger partial charge in [-0.1, -0.05) is 11.8 Å². The maximum atomic E-state index is 11.5. The summed E-state index contributed by atoms with van der Waals surface area (Å²) in [7, 11) is 1.13. The van der Waals surface area contributed by atoms with E-state index in [1.165, 1.54) is 0 Å².